The van der Waals surface area contributed by atoms with Crippen molar-refractivity contribution in [2.24, 2.45) is 5.92 Å². The summed E-state index contributed by atoms with van der Waals surface area (Å²) in [6.45, 7) is 4.46. The minimum atomic E-state index is -0.253. The van der Waals surface area contributed by atoms with Gasteiger partial charge in [0.15, 0.2) is 0 Å². The Balaban J connectivity index is 1.80. The van der Waals surface area contributed by atoms with E-state index >= 15 is 0 Å². The number of benzene rings is 2. The monoisotopic (exact) mass is 353 g/mol. The van der Waals surface area contributed by atoms with Gasteiger partial charge in [-0.3, -0.25) is 10.00 Å². The molecule has 0 spiro atoms. The van der Waals surface area contributed by atoms with E-state index in [1.165, 1.54) is 17.7 Å². The van der Waals surface area contributed by atoms with Crippen molar-refractivity contribution in [3.05, 3.63) is 77.7 Å². The van der Waals surface area contributed by atoms with Gasteiger partial charge < -0.3 is 5.11 Å². The quantitative estimate of drug-likeness (QED) is 0.647. The van der Waals surface area contributed by atoms with Gasteiger partial charge in [-0.25, -0.2) is 4.39 Å². The zero-order chi connectivity index (χ0) is 18.4. The number of nitrogens with one attached hydrogen (secondary N) is 1. The van der Waals surface area contributed by atoms with Crippen LogP contribution in [0, 0.1) is 11.7 Å². The molecule has 3 rings (SSSR count). The van der Waals surface area contributed by atoms with Crippen molar-refractivity contribution in [3.63, 3.8) is 0 Å². The molecular formula is C21H24FN3O. The van der Waals surface area contributed by atoms with Crippen molar-refractivity contribution in [1.82, 2.24) is 15.1 Å². The van der Waals surface area contributed by atoms with Crippen LogP contribution in [0.1, 0.15) is 18.1 Å². The lowest BCUT2D eigenvalue weighted by molar-refractivity contribution is 0.163. The molecule has 4 nitrogen and oxygen atoms in total. The Morgan fingerprint density at radius 2 is 1.81 bits per heavy atom. The fourth-order valence-electron chi connectivity index (χ4n) is 3.06. The van der Waals surface area contributed by atoms with Crippen molar-refractivity contribution < 1.29 is 9.50 Å². The van der Waals surface area contributed by atoms with Gasteiger partial charge in [0.1, 0.15) is 5.82 Å². The molecule has 0 radical (unpaired) electrons. The summed E-state index contributed by atoms with van der Waals surface area (Å²) in [5.41, 5.74) is 4.09. The van der Waals surface area contributed by atoms with Crippen LogP contribution in [0.2, 0.25) is 0 Å². The molecule has 1 atom stereocenters. The molecule has 5 heteroatoms. The van der Waals surface area contributed by atoms with E-state index in [1.807, 2.05) is 31.3 Å². The number of nitrogens with zero attached hydrogens (tertiary/aromatic N) is 2. The first-order chi connectivity index (χ1) is 12.7. The Morgan fingerprint density at radius 1 is 1.08 bits per heavy atom. The Labute approximate surface area is 153 Å². The second kappa shape index (κ2) is 8.74. The SMILES string of the molecule is C[C@H](CO)CN(Cc1ccccc1)Cc1cn[nH]c1-c1ccc(F)cc1. The van der Waals surface area contributed by atoms with Crippen LogP contribution in [0.5, 0.6) is 0 Å². The maximum Gasteiger partial charge on any atom is 0.123 e. The van der Waals surface area contributed by atoms with Crippen LogP contribution < -0.4 is 0 Å². The summed E-state index contributed by atoms with van der Waals surface area (Å²) in [6.07, 6.45) is 1.82. The minimum Gasteiger partial charge on any atom is -0.396 e. The molecule has 2 aromatic carbocycles. The maximum atomic E-state index is 13.2. The molecular weight excluding hydrogens is 329 g/mol. The number of aromatic amines is 1. The van der Waals surface area contributed by atoms with Gasteiger partial charge in [0.2, 0.25) is 0 Å². The predicted octanol–water partition coefficient (Wildman–Crippen LogP) is 3.85. The van der Waals surface area contributed by atoms with Gasteiger partial charge in [-0.15, -0.1) is 0 Å². The number of aromatic nitrogens is 2. The Bertz CT molecular complexity index is 802. The predicted molar refractivity (Wildman–Crippen MR) is 101 cm³/mol. The molecule has 1 heterocycles. The summed E-state index contributed by atoms with van der Waals surface area (Å²) < 4.78 is 13.2. The molecule has 26 heavy (non-hydrogen) atoms. The average Bonchev–Trinajstić information content (AvgIpc) is 3.11. The van der Waals surface area contributed by atoms with Crippen LogP contribution in [-0.4, -0.2) is 33.4 Å². The van der Waals surface area contributed by atoms with Crippen LogP contribution >= 0.6 is 0 Å². The lowest BCUT2D eigenvalue weighted by Gasteiger charge is -2.25. The van der Waals surface area contributed by atoms with Crippen molar-refractivity contribution in [3.8, 4) is 11.3 Å². The summed E-state index contributed by atoms with van der Waals surface area (Å²) in [5, 5.41) is 16.7. The number of hydrogen-bond acceptors (Lipinski definition) is 3. The number of aliphatic hydroxyl groups is 1. The van der Waals surface area contributed by atoms with E-state index in [2.05, 4.69) is 27.2 Å². The Morgan fingerprint density at radius 3 is 2.50 bits per heavy atom. The van der Waals surface area contributed by atoms with E-state index in [9.17, 15) is 9.50 Å². The molecule has 136 valence electrons. The lowest BCUT2D eigenvalue weighted by atomic mass is 10.1. The largest absolute Gasteiger partial charge is 0.396 e. The molecule has 3 aromatic rings. The summed E-state index contributed by atoms with van der Waals surface area (Å²) in [6, 6.07) is 16.7. The van der Waals surface area contributed by atoms with Gasteiger partial charge in [-0.2, -0.15) is 5.10 Å². The number of hydrogen-bond donors (Lipinski definition) is 2. The molecule has 0 fully saturated rings. The Kier molecular flexibility index (Phi) is 6.15. The first-order valence-corrected chi connectivity index (χ1v) is 8.81. The van der Waals surface area contributed by atoms with Crippen LogP contribution in [0.4, 0.5) is 4.39 Å². The van der Waals surface area contributed by atoms with Gasteiger partial charge in [-0.05, 0) is 35.7 Å². The van der Waals surface area contributed by atoms with Gasteiger partial charge >= 0.3 is 0 Å². The first kappa shape index (κ1) is 18.3. The van der Waals surface area contributed by atoms with Crippen LogP contribution in [0.25, 0.3) is 11.3 Å². The van der Waals surface area contributed by atoms with Gasteiger partial charge in [0, 0.05) is 37.4 Å². The molecule has 2 N–H and O–H groups in total. The standard InChI is InChI=1S/C21H24FN3O/c1-16(15-26)12-25(13-17-5-3-2-4-6-17)14-19-11-23-24-21(19)18-7-9-20(22)10-8-18/h2-11,16,26H,12-15H2,1H3,(H,23,24)/t16-/m0/s1. The molecule has 0 saturated carbocycles. The number of aliphatic hydroxyl groups excluding tert-OH is 1. The second-order valence-corrected chi connectivity index (χ2v) is 6.72. The molecule has 0 amide bonds. The number of halogens is 1. The third-order valence-electron chi connectivity index (χ3n) is 4.38. The van der Waals surface area contributed by atoms with Crippen LogP contribution in [0.3, 0.4) is 0 Å². The fourth-order valence-corrected chi connectivity index (χ4v) is 3.06. The van der Waals surface area contributed by atoms with Gasteiger partial charge in [-0.1, -0.05) is 37.3 Å². The molecule has 0 aliphatic carbocycles. The molecule has 0 aliphatic rings. The third-order valence-corrected chi connectivity index (χ3v) is 4.38. The smallest absolute Gasteiger partial charge is 0.123 e. The van der Waals surface area contributed by atoms with E-state index in [-0.39, 0.29) is 18.3 Å². The van der Waals surface area contributed by atoms with E-state index in [0.29, 0.717) is 6.54 Å². The van der Waals surface area contributed by atoms with Crippen molar-refractivity contribution in [2.45, 2.75) is 20.0 Å². The maximum absolute atomic E-state index is 13.2. The zero-order valence-electron chi connectivity index (χ0n) is 14.9. The first-order valence-electron chi connectivity index (χ1n) is 8.81. The van der Waals surface area contributed by atoms with Gasteiger partial charge in [0.25, 0.3) is 0 Å². The fraction of sp³-hybridized carbons (Fsp3) is 0.286. The minimum absolute atomic E-state index is 0.154. The Hall–Kier alpha value is -2.50. The van der Waals surface area contributed by atoms with E-state index in [1.54, 1.807) is 12.1 Å². The molecule has 0 aliphatic heterocycles. The average molecular weight is 353 g/mol. The zero-order valence-corrected chi connectivity index (χ0v) is 14.9. The lowest BCUT2D eigenvalue weighted by Crippen LogP contribution is -2.29. The highest BCUT2D eigenvalue weighted by atomic mass is 19.1. The van der Waals surface area contributed by atoms with E-state index in [4.69, 9.17) is 0 Å². The van der Waals surface area contributed by atoms with E-state index < -0.39 is 0 Å². The van der Waals surface area contributed by atoms with E-state index in [0.717, 1.165) is 29.9 Å². The van der Waals surface area contributed by atoms with Crippen molar-refractivity contribution >= 4 is 0 Å². The molecule has 0 bridgehead atoms. The molecule has 0 saturated heterocycles. The second-order valence-electron chi connectivity index (χ2n) is 6.72. The van der Waals surface area contributed by atoms with Crippen molar-refractivity contribution in [1.29, 1.82) is 0 Å². The number of rotatable bonds is 8. The van der Waals surface area contributed by atoms with Crippen LogP contribution in [0.15, 0.2) is 60.8 Å². The summed E-state index contributed by atoms with van der Waals surface area (Å²) in [7, 11) is 0. The molecule has 1 aromatic heterocycles. The van der Waals surface area contributed by atoms with Gasteiger partial charge in [0.05, 0.1) is 11.9 Å². The summed E-state index contributed by atoms with van der Waals surface area (Å²) >= 11 is 0. The van der Waals surface area contributed by atoms with Crippen molar-refractivity contribution in [2.75, 3.05) is 13.2 Å². The molecule has 0 unspecified atom stereocenters. The topological polar surface area (TPSA) is 52.1 Å². The summed E-state index contributed by atoms with van der Waals surface area (Å²) in [4.78, 5) is 2.30. The highest BCUT2D eigenvalue weighted by Gasteiger charge is 2.15. The highest BCUT2D eigenvalue weighted by Crippen LogP contribution is 2.23. The number of H-pyrrole nitrogens is 1. The summed E-state index contributed by atoms with van der Waals surface area (Å²) in [5.74, 6) is -0.0721. The third kappa shape index (κ3) is 4.77. The van der Waals surface area contributed by atoms with Crippen LogP contribution in [-0.2, 0) is 13.1 Å². The highest BCUT2D eigenvalue weighted by molar-refractivity contribution is 5.62. The normalized spacial score (nSPS) is 12.5.